The molecule has 1 aliphatic heterocycles. The Bertz CT molecular complexity index is 608. The molecule has 0 amide bonds. The largest absolute Gasteiger partial charge is 0.416 e. The van der Waals surface area contributed by atoms with E-state index in [2.05, 4.69) is 10.3 Å². The van der Waals surface area contributed by atoms with Crippen LogP contribution in [0.5, 0.6) is 0 Å². The topological polar surface area (TPSA) is 24.9 Å². The van der Waals surface area contributed by atoms with Gasteiger partial charge in [0.25, 0.3) is 0 Å². The summed E-state index contributed by atoms with van der Waals surface area (Å²) in [5, 5.41) is 3.11. The number of pyridine rings is 1. The van der Waals surface area contributed by atoms with Crippen LogP contribution in [-0.2, 0) is 12.7 Å². The Hall–Kier alpha value is -1.88. The SMILES string of the molecule is FC(F)(F)c1ccncc1C1NCc2ccccc21. The molecule has 1 aromatic carbocycles. The van der Waals surface area contributed by atoms with Crippen LogP contribution in [0.1, 0.15) is 28.3 Å². The summed E-state index contributed by atoms with van der Waals surface area (Å²) in [6.45, 7) is 0.576. The summed E-state index contributed by atoms with van der Waals surface area (Å²) in [4.78, 5) is 3.84. The summed E-state index contributed by atoms with van der Waals surface area (Å²) in [6.07, 6.45) is -1.90. The second-order valence-electron chi connectivity index (χ2n) is 4.47. The lowest BCUT2D eigenvalue weighted by Gasteiger charge is -2.18. The smallest absolute Gasteiger partial charge is 0.302 e. The van der Waals surface area contributed by atoms with Crippen LogP contribution >= 0.6 is 0 Å². The normalized spacial score (nSPS) is 18.4. The number of halogens is 3. The molecule has 1 unspecified atom stereocenters. The van der Waals surface area contributed by atoms with E-state index < -0.39 is 17.8 Å². The lowest BCUT2D eigenvalue weighted by atomic mass is 9.96. The molecule has 0 fully saturated rings. The molecule has 1 aromatic heterocycles. The van der Waals surface area contributed by atoms with E-state index in [9.17, 15) is 13.2 Å². The summed E-state index contributed by atoms with van der Waals surface area (Å²) in [5.41, 5.74) is 1.47. The molecule has 98 valence electrons. The van der Waals surface area contributed by atoms with E-state index in [1.807, 2.05) is 24.3 Å². The minimum atomic E-state index is -4.36. The van der Waals surface area contributed by atoms with Crippen LogP contribution in [0.15, 0.2) is 42.7 Å². The second kappa shape index (κ2) is 4.35. The average molecular weight is 264 g/mol. The van der Waals surface area contributed by atoms with E-state index >= 15 is 0 Å². The monoisotopic (exact) mass is 264 g/mol. The van der Waals surface area contributed by atoms with Crippen molar-refractivity contribution in [1.29, 1.82) is 0 Å². The van der Waals surface area contributed by atoms with Gasteiger partial charge >= 0.3 is 6.18 Å². The van der Waals surface area contributed by atoms with Gasteiger partial charge in [-0.15, -0.1) is 0 Å². The number of nitrogens with zero attached hydrogens (tertiary/aromatic N) is 1. The van der Waals surface area contributed by atoms with Gasteiger partial charge in [-0.1, -0.05) is 24.3 Å². The highest BCUT2D eigenvalue weighted by atomic mass is 19.4. The van der Waals surface area contributed by atoms with Gasteiger partial charge in [-0.25, -0.2) is 0 Å². The van der Waals surface area contributed by atoms with Gasteiger partial charge in [0.2, 0.25) is 0 Å². The minimum Gasteiger partial charge on any atom is -0.302 e. The fourth-order valence-electron chi connectivity index (χ4n) is 2.47. The Morgan fingerprint density at radius 3 is 2.68 bits per heavy atom. The molecule has 5 heteroatoms. The number of fused-ring (bicyclic) bond motifs is 1. The maximum atomic E-state index is 13.0. The fourth-order valence-corrected chi connectivity index (χ4v) is 2.47. The quantitative estimate of drug-likeness (QED) is 0.855. The molecule has 0 bridgehead atoms. The molecule has 0 saturated carbocycles. The third-order valence-electron chi connectivity index (χ3n) is 3.33. The molecule has 2 heterocycles. The first kappa shape index (κ1) is 12.2. The van der Waals surface area contributed by atoms with Crippen molar-refractivity contribution in [1.82, 2.24) is 10.3 Å². The Morgan fingerprint density at radius 2 is 1.89 bits per heavy atom. The number of hydrogen-bond acceptors (Lipinski definition) is 2. The number of hydrogen-bond donors (Lipinski definition) is 1. The maximum absolute atomic E-state index is 13.0. The molecule has 19 heavy (non-hydrogen) atoms. The second-order valence-corrected chi connectivity index (χ2v) is 4.47. The number of aromatic nitrogens is 1. The molecule has 0 spiro atoms. The van der Waals surface area contributed by atoms with Crippen LogP contribution in [0, 0.1) is 0 Å². The molecule has 3 rings (SSSR count). The standard InChI is InChI=1S/C14H11F3N2/c15-14(16,17)12-5-6-18-8-11(12)13-10-4-2-1-3-9(10)7-19-13/h1-6,8,13,19H,7H2. The van der Waals surface area contributed by atoms with Gasteiger partial charge in [-0.3, -0.25) is 4.98 Å². The third-order valence-corrected chi connectivity index (χ3v) is 3.33. The van der Waals surface area contributed by atoms with Crippen molar-refractivity contribution < 1.29 is 13.2 Å². The van der Waals surface area contributed by atoms with Crippen LogP contribution in [0.2, 0.25) is 0 Å². The zero-order valence-corrected chi connectivity index (χ0v) is 9.91. The summed E-state index contributed by atoms with van der Waals surface area (Å²) in [6, 6.07) is 8.08. The van der Waals surface area contributed by atoms with Gasteiger partial charge in [0.15, 0.2) is 0 Å². The number of nitrogens with one attached hydrogen (secondary N) is 1. The highest BCUT2D eigenvalue weighted by Gasteiger charge is 2.37. The highest BCUT2D eigenvalue weighted by Crippen LogP contribution is 2.38. The Morgan fingerprint density at radius 1 is 1.11 bits per heavy atom. The lowest BCUT2D eigenvalue weighted by molar-refractivity contribution is -0.138. The average Bonchev–Trinajstić information content (AvgIpc) is 2.81. The van der Waals surface area contributed by atoms with E-state index in [0.717, 1.165) is 17.2 Å². The van der Waals surface area contributed by atoms with Crippen molar-refractivity contribution in [2.75, 3.05) is 0 Å². The van der Waals surface area contributed by atoms with Gasteiger partial charge in [0, 0.05) is 24.5 Å². The number of alkyl halides is 3. The summed E-state index contributed by atoms with van der Waals surface area (Å²) >= 11 is 0. The summed E-state index contributed by atoms with van der Waals surface area (Å²) in [5.74, 6) is 0. The van der Waals surface area contributed by atoms with E-state index in [0.29, 0.717) is 6.54 Å². The van der Waals surface area contributed by atoms with Crippen LogP contribution in [-0.4, -0.2) is 4.98 Å². The molecular weight excluding hydrogens is 253 g/mol. The Labute approximate surface area is 108 Å². The van der Waals surface area contributed by atoms with E-state index in [1.165, 1.54) is 12.4 Å². The van der Waals surface area contributed by atoms with Crippen molar-refractivity contribution in [2.24, 2.45) is 0 Å². The number of rotatable bonds is 1. The van der Waals surface area contributed by atoms with Crippen LogP contribution in [0.3, 0.4) is 0 Å². The van der Waals surface area contributed by atoms with E-state index in [4.69, 9.17) is 0 Å². The first-order valence-electron chi connectivity index (χ1n) is 5.89. The maximum Gasteiger partial charge on any atom is 0.416 e. The molecule has 1 atom stereocenters. The van der Waals surface area contributed by atoms with Gasteiger partial charge < -0.3 is 5.32 Å². The first-order valence-corrected chi connectivity index (χ1v) is 5.89. The van der Waals surface area contributed by atoms with Crippen molar-refractivity contribution >= 4 is 0 Å². The molecule has 0 radical (unpaired) electrons. The lowest BCUT2D eigenvalue weighted by Crippen LogP contribution is -2.19. The molecule has 0 saturated heterocycles. The van der Waals surface area contributed by atoms with E-state index in [-0.39, 0.29) is 5.56 Å². The molecule has 1 aliphatic rings. The summed E-state index contributed by atoms with van der Waals surface area (Å²) < 4.78 is 39.1. The Balaban J connectivity index is 2.10. The predicted molar refractivity (Wildman–Crippen MR) is 64.4 cm³/mol. The van der Waals surface area contributed by atoms with Crippen molar-refractivity contribution in [3.05, 3.63) is 65.0 Å². The molecule has 0 aliphatic carbocycles. The predicted octanol–water partition coefficient (Wildman–Crippen LogP) is 3.29. The molecule has 1 N–H and O–H groups in total. The fraction of sp³-hybridized carbons (Fsp3) is 0.214. The molecule has 2 nitrogen and oxygen atoms in total. The summed E-state index contributed by atoms with van der Waals surface area (Å²) in [7, 11) is 0. The highest BCUT2D eigenvalue weighted by molar-refractivity contribution is 5.43. The van der Waals surface area contributed by atoms with Crippen molar-refractivity contribution in [2.45, 2.75) is 18.8 Å². The number of benzene rings is 1. The van der Waals surface area contributed by atoms with Crippen molar-refractivity contribution in [3.63, 3.8) is 0 Å². The Kier molecular flexibility index (Phi) is 2.78. The van der Waals surface area contributed by atoms with Crippen LogP contribution in [0.25, 0.3) is 0 Å². The van der Waals surface area contributed by atoms with Gasteiger partial charge in [-0.05, 0) is 17.2 Å². The zero-order valence-electron chi connectivity index (χ0n) is 9.91. The van der Waals surface area contributed by atoms with Gasteiger partial charge in [0.05, 0.1) is 11.6 Å². The molecular formula is C14H11F3N2. The van der Waals surface area contributed by atoms with Crippen LogP contribution < -0.4 is 5.32 Å². The third kappa shape index (κ3) is 2.10. The van der Waals surface area contributed by atoms with Gasteiger partial charge in [0.1, 0.15) is 0 Å². The van der Waals surface area contributed by atoms with Crippen molar-refractivity contribution in [3.8, 4) is 0 Å². The van der Waals surface area contributed by atoms with E-state index in [1.54, 1.807) is 0 Å². The zero-order chi connectivity index (χ0) is 13.5. The van der Waals surface area contributed by atoms with Crippen LogP contribution in [0.4, 0.5) is 13.2 Å². The molecule has 2 aromatic rings. The minimum absolute atomic E-state index is 0.181. The van der Waals surface area contributed by atoms with Gasteiger partial charge in [-0.2, -0.15) is 13.2 Å². The first-order chi connectivity index (χ1) is 9.07.